The van der Waals surface area contributed by atoms with Gasteiger partial charge in [0.15, 0.2) is 0 Å². The van der Waals surface area contributed by atoms with Gasteiger partial charge >= 0.3 is 6.09 Å². The van der Waals surface area contributed by atoms with Crippen LogP contribution in [0.5, 0.6) is 0 Å². The minimum absolute atomic E-state index is 0.0685. The summed E-state index contributed by atoms with van der Waals surface area (Å²) in [5, 5.41) is 9.85. The van der Waals surface area contributed by atoms with E-state index in [4.69, 9.17) is 4.74 Å². The van der Waals surface area contributed by atoms with Gasteiger partial charge in [0.1, 0.15) is 11.5 Å². The van der Waals surface area contributed by atoms with Gasteiger partial charge in [0.2, 0.25) is 6.41 Å². The lowest BCUT2D eigenvalue weighted by Gasteiger charge is -2.18. The van der Waals surface area contributed by atoms with Crippen molar-refractivity contribution >= 4 is 18.2 Å². The van der Waals surface area contributed by atoms with E-state index in [1.54, 1.807) is 9.80 Å². The lowest BCUT2D eigenvalue weighted by Crippen LogP contribution is -2.32. The fourth-order valence-electron chi connectivity index (χ4n) is 5.72. The smallest absolute Gasteiger partial charge is 0.415 e. The highest BCUT2D eigenvalue weighted by molar-refractivity contribution is 5.94. The Morgan fingerprint density at radius 2 is 2.00 bits per heavy atom. The van der Waals surface area contributed by atoms with Crippen molar-refractivity contribution in [3.63, 3.8) is 0 Å². The highest BCUT2D eigenvalue weighted by Gasteiger charge is 2.70. The van der Waals surface area contributed by atoms with Crippen LogP contribution in [-0.4, -0.2) is 47.6 Å². The molecule has 2 saturated heterocycles. The topological polar surface area (TPSA) is 86.5 Å². The van der Waals surface area contributed by atoms with E-state index in [2.05, 4.69) is 17.1 Å². The Bertz CT molecular complexity index is 1110. The second kappa shape index (κ2) is 5.82. The Labute approximate surface area is 173 Å². The Morgan fingerprint density at radius 1 is 1.23 bits per heavy atom. The van der Waals surface area contributed by atoms with Crippen molar-refractivity contribution in [2.45, 2.75) is 30.9 Å². The highest BCUT2D eigenvalue weighted by Crippen LogP contribution is 2.62. The maximum absolute atomic E-state index is 12.1. The Balaban J connectivity index is 1.27. The predicted octanol–water partition coefficient (Wildman–Crippen LogP) is 2.50. The van der Waals surface area contributed by atoms with Crippen molar-refractivity contribution in [3.05, 3.63) is 47.8 Å². The largest absolute Gasteiger partial charge is 0.444 e. The molecule has 1 aromatic carbocycles. The van der Waals surface area contributed by atoms with Crippen molar-refractivity contribution in [2.75, 3.05) is 18.0 Å². The van der Waals surface area contributed by atoms with Crippen LogP contribution in [-0.2, 0) is 21.4 Å². The number of carbonyl (C=O) groups is 2. The summed E-state index contributed by atoms with van der Waals surface area (Å²) in [6.45, 7) is 3.20. The summed E-state index contributed by atoms with van der Waals surface area (Å²) in [7, 11) is 0. The standard InChI is InChI=1S/C23H20N4O3/c1-13-20-7-16-6-14(2-4-19(16)27(20)22(29)30-13)15-3-5-21(25-8-15)23(11-24)17-9-26(12-28)10-18(17)23/h2-6,8,12-13,17-18,20H,7,9-10H2,1H3/t13?,17?,18?,20-,23?/m0/s1. The number of ether oxygens (including phenoxy) is 1. The predicted molar refractivity (Wildman–Crippen MR) is 107 cm³/mol. The molecule has 150 valence electrons. The molecule has 0 radical (unpaired) electrons. The molecule has 4 atom stereocenters. The number of cyclic esters (lactones) is 1. The first-order valence-electron chi connectivity index (χ1n) is 10.3. The molecule has 3 aliphatic heterocycles. The SMILES string of the molecule is CC1OC(=O)N2c3ccc(-c4ccc(C5(C#N)C6CN(C=O)CC65)nc4)cc3C[C@@H]12. The molecule has 0 bridgehead atoms. The number of hydrogen-bond donors (Lipinski definition) is 0. The van der Waals surface area contributed by atoms with E-state index in [1.807, 2.05) is 37.4 Å². The number of pyridine rings is 1. The second-order valence-corrected chi connectivity index (χ2v) is 8.76. The van der Waals surface area contributed by atoms with Crippen LogP contribution < -0.4 is 4.90 Å². The molecule has 2 aromatic rings. The van der Waals surface area contributed by atoms with Crippen LogP contribution in [0.25, 0.3) is 11.1 Å². The van der Waals surface area contributed by atoms with Crippen LogP contribution in [0.2, 0.25) is 0 Å². The number of rotatable bonds is 3. The molecule has 3 fully saturated rings. The number of anilines is 1. The summed E-state index contributed by atoms with van der Waals surface area (Å²) in [5.74, 6) is 0.363. The first-order valence-corrected chi connectivity index (χ1v) is 10.3. The zero-order chi connectivity index (χ0) is 20.6. The van der Waals surface area contributed by atoms with Crippen LogP contribution in [0, 0.1) is 23.2 Å². The number of fused-ring (bicyclic) bond motifs is 4. The molecule has 7 nitrogen and oxygen atoms in total. The molecule has 0 N–H and O–H groups in total. The van der Waals surface area contributed by atoms with E-state index < -0.39 is 5.41 Å². The van der Waals surface area contributed by atoms with Gasteiger partial charge in [-0.25, -0.2) is 4.79 Å². The number of amides is 2. The highest BCUT2D eigenvalue weighted by atomic mass is 16.6. The van der Waals surface area contributed by atoms with Gasteiger partial charge in [-0.15, -0.1) is 0 Å². The molecule has 7 heteroatoms. The summed E-state index contributed by atoms with van der Waals surface area (Å²) >= 11 is 0. The van der Waals surface area contributed by atoms with E-state index in [1.165, 1.54) is 0 Å². The van der Waals surface area contributed by atoms with Crippen molar-refractivity contribution in [1.82, 2.24) is 9.88 Å². The number of nitriles is 1. The molecule has 1 aromatic heterocycles. The number of nitrogens with zero attached hydrogens (tertiary/aromatic N) is 4. The normalized spacial score (nSPS) is 32.9. The number of benzene rings is 1. The number of aromatic nitrogens is 1. The zero-order valence-electron chi connectivity index (χ0n) is 16.5. The average Bonchev–Trinajstić information content (AvgIpc) is 3.13. The van der Waals surface area contributed by atoms with Crippen molar-refractivity contribution in [1.29, 1.82) is 5.26 Å². The van der Waals surface area contributed by atoms with Crippen molar-refractivity contribution in [3.8, 4) is 17.2 Å². The van der Waals surface area contributed by atoms with E-state index >= 15 is 0 Å². The van der Waals surface area contributed by atoms with Crippen LogP contribution >= 0.6 is 0 Å². The molecule has 3 unspecified atom stereocenters. The molecule has 4 aliphatic rings. The maximum Gasteiger partial charge on any atom is 0.415 e. The van der Waals surface area contributed by atoms with Crippen LogP contribution in [0.1, 0.15) is 18.2 Å². The third kappa shape index (κ3) is 2.11. The van der Waals surface area contributed by atoms with Gasteiger partial charge in [0, 0.05) is 36.7 Å². The Morgan fingerprint density at radius 3 is 2.67 bits per heavy atom. The summed E-state index contributed by atoms with van der Waals surface area (Å²) in [4.78, 5) is 31.3. The van der Waals surface area contributed by atoms with Gasteiger partial charge in [-0.3, -0.25) is 14.7 Å². The average molecular weight is 400 g/mol. The first-order chi connectivity index (χ1) is 14.6. The summed E-state index contributed by atoms with van der Waals surface area (Å²) < 4.78 is 5.33. The summed E-state index contributed by atoms with van der Waals surface area (Å²) in [5.41, 5.74) is 4.34. The molecule has 2 amide bonds. The number of likely N-dealkylation sites (tertiary alicyclic amines) is 1. The van der Waals surface area contributed by atoms with E-state index in [0.29, 0.717) is 13.1 Å². The Hall–Kier alpha value is -3.40. The van der Waals surface area contributed by atoms with Crippen molar-refractivity contribution in [2.24, 2.45) is 11.8 Å². The van der Waals surface area contributed by atoms with Crippen molar-refractivity contribution < 1.29 is 14.3 Å². The Kier molecular flexibility index (Phi) is 3.39. The second-order valence-electron chi connectivity index (χ2n) is 8.76. The molecular formula is C23H20N4O3. The number of piperidine rings is 1. The van der Waals surface area contributed by atoms with E-state index in [-0.39, 0.29) is 30.1 Å². The molecule has 6 rings (SSSR count). The van der Waals surface area contributed by atoms with Gasteiger partial charge in [-0.2, -0.15) is 5.26 Å². The lowest BCUT2D eigenvalue weighted by molar-refractivity contribution is -0.117. The van der Waals surface area contributed by atoms with E-state index in [9.17, 15) is 14.9 Å². The van der Waals surface area contributed by atoms with Gasteiger partial charge in [0.05, 0.1) is 23.5 Å². The minimum atomic E-state index is -0.558. The lowest BCUT2D eigenvalue weighted by atomic mass is 9.95. The summed E-state index contributed by atoms with van der Waals surface area (Å²) in [6.07, 6.45) is 3.10. The third-order valence-corrected chi connectivity index (χ3v) is 7.39. The van der Waals surface area contributed by atoms with Gasteiger partial charge in [0.25, 0.3) is 0 Å². The van der Waals surface area contributed by atoms with E-state index in [0.717, 1.165) is 40.9 Å². The third-order valence-electron chi connectivity index (χ3n) is 7.39. The molecule has 0 spiro atoms. The van der Waals surface area contributed by atoms with Crippen LogP contribution in [0.15, 0.2) is 36.5 Å². The molecule has 1 aliphatic carbocycles. The monoisotopic (exact) mass is 400 g/mol. The quantitative estimate of drug-likeness (QED) is 0.739. The molecule has 4 heterocycles. The van der Waals surface area contributed by atoms with Gasteiger partial charge in [-0.1, -0.05) is 12.1 Å². The first kappa shape index (κ1) is 17.5. The fourth-order valence-corrected chi connectivity index (χ4v) is 5.72. The fraction of sp³-hybridized carbons (Fsp3) is 0.391. The molecule has 1 saturated carbocycles. The summed E-state index contributed by atoms with van der Waals surface area (Å²) in [6, 6.07) is 12.6. The van der Waals surface area contributed by atoms with Crippen LogP contribution in [0.4, 0.5) is 10.5 Å². The zero-order valence-corrected chi connectivity index (χ0v) is 16.5. The van der Waals surface area contributed by atoms with Gasteiger partial charge in [-0.05, 0) is 42.7 Å². The van der Waals surface area contributed by atoms with Gasteiger partial charge < -0.3 is 9.64 Å². The number of carbonyl (C=O) groups excluding carboxylic acids is 2. The van der Waals surface area contributed by atoms with Crippen LogP contribution in [0.3, 0.4) is 0 Å². The minimum Gasteiger partial charge on any atom is -0.444 e. The maximum atomic E-state index is 12.1. The molecule has 30 heavy (non-hydrogen) atoms. The molecular weight excluding hydrogens is 380 g/mol. The number of hydrogen-bond acceptors (Lipinski definition) is 5.